The minimum atomic E-state index is -0.465. The monoisotopic (exact) mass is 261 g/mol. The lowest BCUT2D eigenvalue weighted by atomic mass is 9.87. The fraction of sp³-hybridized carbons (Fsp3) is 0.444. The van der Waals surface area contributed by atoms with E-state index in [4.69, 9.17) is 5.73 Å². The molecule has 0 saturated heterocycles. The Labute approximate surface area is 90.3 Å². The molecule has 0 aromatic carbocycles. The fourth-order valence-corrected chi connectivity index (χ4v) is 2.53. The largest absolute Gasteiger partial charge is 0.329 e. The number of carbonyl (C=O) groups excluding carboxylic acids is 1. The minimum Gasteiger partial charge on any atom is -0.329 e. The van der Waals surface area contributed by atoms with E-state index >= 15 is 0 Å². The van der Waals surface area contributed by atoms with Gasteiger partial charge in [0.15, 0.2) is 5.78 Å². The molecule has 0 aliphatic heterocycles. The normalized spacial score (nSPS) is 11.7. The van der Waals surface area contributed by atoms with E-state index < -0.39 is 5.41 Å². The number of hydrogen-bond acceptors (Lipinski definition) is 3. The Morgan fingerprint density at radius 2 is 2.31 bits per heavy atom. The van der Waals surface area contributed by atoms with Crippen LogP contribution in [0.15, 0.2) is 15.9 Å². The number of ketones is 1. The Bertz CT molecular complexity index is 319. The molecule has 13 heavy (non-hydrogen) atoms. The maximum absolute atomic E-state index is 11.9. The van der Waals surface area contributed by atoms with E-state index in [1.54, 1.807) is 0 Å². The van der Waals surface area contributed by atoms with Gasteiger partial charge in [-0.25, -0.2) is 0 Å². The van der Waals surface area contributed by atoms with Crippen molar-refractivity contribution in [3.63, 3.8) is 0 Å². The summed E-state index contributed by atoms with van der Waals surface area (Å²) in [5, 5.41) is 1.89. The minimum absolute atomic E-state index is 0.108. The van der Waals surface area contributed by atoms with Gasteiger partial charge in [0.25, 0.3) is 0 Å². The Hall–Kier alpha value is -0.190. The predicted octanol–water partition coefficient (Wildman–Crippen LogP) is 2.68. The topological polar surface area (TPSA) is 43.1 Å². The zero-order valence-electron chi connectivity index (χ0n) is 7.63. The molecule has 0 amide bonds. The van der Waals surface area contributed by atoms with Gasteiger partial charge in [-0.15, -0.1) is 11.3 Å². The number of carbonyl (C=O) groups is 1. The van der Waals surface area contributed by atoms with Crippen molar-refractivity contribution in [2.45, 2.75) is 13.8 Å². The van der Waals surface area contributed by atoms with Crippen LogP contribution in [-0.2, 0) is 0 Å². The standard InChI is InChI=1S/C9H12BrNOS/c1-9(2,5-11)8(12)7-6(10)3-4-13-7/h3-4H,5,11H2,1-2H3. The van der Waals surface area contributed by atoms with Crippen molar-refractivity contribution in [1.29, 1.82) is 0 Å². The summed E-state index contributed by atoms with van der Waals surface area (Å²) in [6, 6.07) is 1.88. The predicted molar refractivity (Wildman–Crippen MR) is 59.2 cm³/mol. The van der Waals surface area contributed by atoms with Gasteiger partial charge in [0.1, 0.15) is 0 Å². The SMILES string of the molecule is CC(C)(CN)C(=O)c1sccc1Br. The third-order valence-corrected chi connectivity index (χ3v) is 3.78. The molecule has 0 aliphatic rings. The second-order valence-electron chi connectivity index (χ2n) is 3.51. The summed E-state index contributed by atoms with van der Waals surface area (Å²) < 4.78 is 0.865. The van der Waals surface area contributed by atoms with Crippen molar-refractivity contribution >= 4 is 33.0 Å². The Morgan fingerprint density at radius 3 is 2.69 bits per heavy atom. The molecule has 1 aromatic heterocycles. The molecule has 1 rings (SSSR count). The van der Waals surface area contributed by atoms with E-state index in [2.05, 4.69) is 15.9 Å². The first-order valence-corrected chi connectivity index (χ1v) is 5.64. The molecule has 2 nitrogen and oxygen atoms in total. The molecular weight excluding hydrogens is 250 g/mol. The molecule has 0 saturated carbocycles. The lowest BCUT2D eigenvalue weighted by Crippen LogP contribution is -2.32. The summed E-state index contributed by atoms with van der Waals surface area (Å²) in [4.78, 5) is 12.6. The average Bonchev–Trinajstić information content (AvgIpc) is 2.50. The highest BCUT2D eigenvalue weighted by Crippen LogP contribution is 2.29. The van der Waals surface area contributed by atoms with Gasteiger partial charge >= 0.3 is 0 Å². The van der Waals surface area contributed by atoms with Gasteiger partial charge in [-0.05, 0) is 27.4 Å². The molecule has 0 bridgehead atoms. The van der Waals surface area contributed by atoms with Crippen molar-refractivity contribution in [1.82, 2.24) is 0 Å². The van der Waals surface area contributed by atoms with E-state index in [0.717, 1.165) is 9.35 Å². The van der Waals surface area contributed by atoms with E-state index in [0.29, 0.717) is 6.54 Å². The van der Waals surface area contributed by atoms with Crippen LogP contribution in [0.2, 0.25) is 0 Å². The highest BCUT2D eigenvalue weighted by molar-refractivity contribution is 9.10. The van der Waals surface area contributed by atoms with Crippen LogP contribution >= 0.6 is 27.3 Å². The van der Waals surface area contributed by atoms with Gasteiger partial charge in [-0.3, -0.25) is 4.79 Å². The summed E-state index contributed by atoms with van der Waals surface area (Å²) in [6.45, 7) is 4.10. The summed E-state index contributed by atoms with van der Waals surface area (Å²) in [5.41, 5.74) is 5.07. The first-order chi connectivity index (χ1) is 5.99. The number of halogens is 1. The van der Waals surface area contributed by atoms with Crippen LogP contribution in [0.5, 0.6) is 0 Å². The molecule has 4 heteroatoms. The molecule has 0 unspecified atom stereocenters. The molecular formula is C9H12BrNOS. The number of Topliss-reactive ketones (excluding diaryl/α,β-unsaturated/α-hetero) is 1. The first-order valence-electron chi connectivity index (χ1n) is 3.97. The molecule has 0 atom stereocenters. The van der Waals surface area contributed by atoms with Crippen LogP contribution < -0.4 is 5.73 Å². The maximum atomic E-state index is 11.9. The third kappa shape index (κ3) is 2.18. The molecule has 1 heterocycles. The number of nitrogens with two attached hydrogens (primary N) is 1. The zero-order valence-corrected chi connectivity index (χ0v) is 10.0. The second kappa shape index (κ2) is 3.90. The Kier molecular flexibility index (Phi) is 3.27. The highest BCUT2D eigenvalue weighted by Gasteiger charge is 2.29. The van der Waals surface area contributed by atoms with Gasteiger partial charge < -0.3 is 5.73 Å². The van der Waals surface area contributed by atoms with Crippen LogP contribution in [-0.4, -0.2) is 12.3 Å². The van der Waals surface area contributed by atoms with E-state index in [-0.39, 0.29) is 5.78 Å². The fourth-order valence-electron chi connectivity index (χ4n) is 0.856. The third-order valence-electron chi connectivity index (χ3n) is 1.95. The van der Waals surface area contributed by atoms with Crippen LogP contribution in [0.1, 0.15) is 23.5 Å². The zero-order chi connectivity index (χ0) is 10.1. The Balaban J connectivity index is 2.98. The molecule has 2 N–H and O–H groups in total. The molecule has 1 aromatic rings. The van der Waals surface area contributed by atoms with Gasteiger partial charge in [0.2, 0.25) is 0 Å². The van der Waals surface area contributed by atoms with Crippen molar-refractivity contribution in [2.75, 3.05) is 6.54 Å². The van der Waals surface area contributed by atoms with E-state index in [9.17, 15) is 4.79 Å². The van der Waals surface area contributed by atoms with Crippen molar-refractivity contribution in [2.24, 2.45) is 11.1 Å². The summed E-state index contributed by atoms with van der Waals surface area (Å²) in [5.74, 6) is 0.108. The molecule has 0 spiro atoms. The van der Waals surface area contributed by atoms with E-state index in [1.807, 2.05) is 25.3 Å². The smallest absolute Gasteiger partial charge is 0.180 e. The summed E-state index contributed by atoms with van der Waals surface area (Å²) in [7, 11) is 0. The van der Waals surface area contributed by atoms with Gasteiger partial charge in [-0.1, -0.05) is 13.8 Å². The highest BCUT2D eigenvalue weighted by atomic mass is 79.9. The van der Waals surface area contributed by atoms with Crippen LogP contribution in [0.25, 0.3) is 0 Å². The summed E-state index contributed by atoms with van der Waals surface area (Å²) in [6.07, 6.45) is 0. The first kappa shape index (κ1) is 10.9. The van der Waals surface area contributed by atoms with Gasteiger partial charge in [-0.2, -0.15) is 0 Å². The maximum Gasteiger partial charge on any atom is 0.180 e. The lowest BCUT2D eigenvalue weighted by Gasteiger charge is -2.19. The van der Waals surface area contributed by atoms with Crippen molar-refractivity contribution in [3.05, 3.63) is 20.8 Å². The van der Waals surface area contributed by atoms with Crippen LogP contribution in [0.4, 0.5) is 0 Å². The molecule has 0 aliphatic carbocycles. The van der Waals surface area contributed by atoms with Crippen molar-refractivity contribution < 1.29 is 4.79 Å². The Morgan fingerprint density at radius 1 is 1.69 bits per heavy atom. The molecule has 72 valence electrons. The van der Waals surface area contributed by atoms with Crippen LogP contribution in [0, 0.1) is 5.41 Å². The lowest BCUT2D eigenvalue weighted by molar-refractivity contribution is 0.0851. The molecule has 0 fully saturated rings. The van der Waals surface area contributed by atoms with Gasteiger partial charge in [0.05, 0.1) is 4.88 Å². The molecule has 0 radical (unpaired) electrons. The number of rotatable bonds is 3. The quantitative estimate of drug-likeness (QED) is 0.851. The summed E-state index contributed by atoms with van der Waals surface area (Å²) >= 11 is 4.79. The second-order valence-corrected chi connectivity index (χ2v) is 5.29. The average molecular weight is 262 g/mol. The number of thiophene rings is 1. The van der Waals surface area contributed by atoms with Gasteiger partial charge in [0, 0.05) is 16.4 Å². The number of hydrogen-bond donors (Lipinski definition) is 1. The van der Waals surface area contributed by atoms with E-state index in [1.165, 1.54) is 11.3 Å². The van der Waals surface area contributed by atoms with Crippen molar-refractivity contribution in [3.8, 4) is 0 Å². The van der Waals surface area contributed by atoms with Crippen LogP contribution in [0.3, 0.4) is 0 Å².